The summed E-state index contributed by atoms with van der Waals surface area (Å²) < 4.78 is 0. The molecule has 0 unspecified atom stereocenters. The van der Waals surface area contributed by atoms with Gasteiger partial charge in [-0.15, -0.1) is 12.6 Å². The van der Waals surface area contributed by atoms with Gasteiger partial charge in [-0.3, -0.25) is 4.79 Å². The van der Waals surface area contributed by atoms with Gasteiger partial charge < -0.3 is 5.32 Å². The monoisotopic (exact) mass is 311 g/mol. The number of benzene rings is 2. The highest BCUT2D eigenvalue weighted by Gasteiger charge is 2.13. The van der Waals surface area contributed by atoms with Gasteiger partial charge in [-0.1, -0.05) is 35.3 Å². The first-order chi connectivity index (χ1) is 8.99. The molecule has 2 rings (SSSR count). The van der Waals surface area contributed by atoms with Crippen molar-refractivity contribution in [2.45, 2.75) is 11.8 Å². The molecular formula is C14H11Cl2NOS. The summed E-state index contributed by atoms with van der Waals surface area (Å²) in [5.74, 6) is -0.261. The van der Waals surface area contributed by atoms with Crippen molar-refractivity contribution in [2.24, 2.45) is 0 Å². The Morgan fingerprint density at radius 3 is 2.42 bits per heavy atom. The van der Waals surface area contributed by atoms with Crippen LogP contribution in [0.3, 0.4) is 0 Å². The molecule has 0 radical (unpaired) electrons. The minimum absolute atomic E-state index is 0.261. The number of nitrogens with one attached hydrogen (secondary N) is 1. The van der Waals surface area contributed by atoms with Crippen LogP contribution in [0.2, 0.25) is 10.0 Å². The molecule has 0 aromatic heterocycles. The molecule has 0 saturated carbocycles. The molecule has 0 bridgehead atoms. The van der Waals surface area contributed by atoms with Gasteiger partial charge in [0, 0.05) is 10.5 Å². The molecule has 0 aliphatic rings. The maximum atomic E-state index is 12.2. The van der Waals surface area contributed by atoms with E-state index in [4.69, 9.17) is 23.2 Å². The zero-order valence-corrected chi connectivity index (χ0v) is 12.5. The molecule has 19 heavy (non-hydrogen) atoms. The van der Waals surface area contributed by atoms with Crippen LogP contribution in [0.1, 0.15) is 15.9 Å². The number of hydrogen-bond acceptors (Lipinski definition) is 2. The number of amides is 1. The van der Waals surface area contributed by atoms with Crippen LogP contribution in [0.5, 0.6) is 0 Å². The Labute approximate surface area is 127 Å². The molecule has 0 aliphatic carbocycles. The fraction of sp³-hybridized carbons (Fsp3) is 0.0714. The maximum absolute atomic E-state index is 12.2. The summed E-state index contributed by atoms with van der Waals surface area (Å²) in [5.41, 5.74) is 1.82. The van der Waals surface area contributed by atoms with Crippen LogP contribution in [-0.4, -0.2) is 5.91 Å². The normalized spacial score (nSPS) is 10.3. The van der Waals surface area contributed by atoms with Crippen LogP contribution in [-0.2, 0) is 0 Å². The molecule has 0 heterocycles. The van der Waals surface area contributed by atoms with E-state index in [0.29, 0.717) is 21.3 Å². The standard InChI is InChI=1S/C14H11Cl2NOS/c1-8-5-6-9(19)7-10(8)14(18)17-13-11(15)3-2-4-12(13)16/h2-7,19H,1H3,(H,17,18). The molecule has 0 spiro atoms. The highest BCUT2D eigenvalue weighted by atomic mass is 35.5. The molecule has 2 aromatic rings. The highest BCUT2D eigenvalue weighted by Crippen LogP contribution is 2.30. The summed E-state index contributed by atoms with van der Waals surface area (Å²) in [5, 5.41) is 3.53. The molecule has 5 heteroatoms. The smallest absolute Gasteiger partial charge is 0.256 e. The lowest BCUT2D eigenvalue weighted by atomic mass is 10.1. The van der Waals surface area contributed by atoms with Crippen molar-refractivity contribution < 1.29 is 4.79 Å². The van der Waals surface area contributed by atoms with E-state index in [1.807, 2.05) is 19.1 Å². The van der Waals surface area contributed by atoms with Gasteiger partial charge >= 0.3 is 0 Å². The number of carbonyl (C=O) groups is 1. The van der Waals surface area contributed by atoms with Crippen molar-refractivity contribution in [1.82, 2.24) is 0 Å². The summed E-state index contributed by atoms with van der Waals surface area (Å²) in [7, 11) is 0. The largest absolute Gasteiger partial charge is 0.319 e. The van der Waals surface area contributed by atoms with Crippen LogP contribution in [0, 0.1) is 6.92 Å². The van der Waals surface area contributed by atoms with E-state index in [1.54, 1.807) is 24.3 Å². The number of anilines is 1. The quantitative estimate of drug-likeness (QED) is 0.763. The summed E-state index contributed by atoms with van der Waals surface area (Å²) in [6, 6.07) is 10.4. The molecule has 1 N–H and O–H groups in total. The molecule has 1 amide bonds. The van der Waals surface area contributed by atoms with E-state index in [-0.39, 0.29) is 5.91 Å². The summed E-state index contributed by atoms with van der Waals surface area (Å²) >= 11 is 16.3. The van der Waals surface area contributed by atoms with E-state index >= 15 is 0 Å². The van der Waals surface area contributed by atoms with E-state index in [2.05, 4.69) is 17.9 Å². The first-order valence-corrected chi connectivity index (χ1v) is 6.74. The van der Waals surface area contributed by atoms with E-state index in [1.165, 1.54) is 0 Å². The highest BCUT2D eigenvalue weighted by molar-refractivity contribution is 7.80. The number of thiol groups is 1. The second-order valence-electron chi connectivity index (χ2n) is 4.05. The number of carbonyl (C=O) groups excluding carboxylic acids is 1. The van der Waals surface area contributed by atoms with Crippen molar-refractivity contribution in [2.75, 3.05) is 5.32 Å². The molecule has 2 nitrogen and oxygen atoms in total. The van der Waals surface area contributed by atoms with Crippen molar-refractivity contribution >= 4 is 47.4 Å². The minimum atomic E-state index is -0.261. The van der Waals surface area contributed by atoms with Crippen molar-refractivity contribution in [3.63, 3.8) is 0 Å². The van der Waals surface area contributed by atoms with Crippen molar-refractivity contribution in [3.05, 3.63) is 57.6 Å². The van der Waals surface area contributed by atoms with Crippen molar-refractivity contribution in [3.8, 4) is 0 Å². The number of para-hydroxylation sites is 1. The van der Waals surface area contributed by atoms with Crippen LogP contribution in [0.15, 0.2) is 41.3 Å². The Morgan fingerprint density at radius 1 is 1.16 bits per heavy atom. The van der Waals surface area contributed by atoms with E-state index < -0.39 is 0 Å². The van der Waals surface area contributed by atoms with Crippen LogP contribution in [0.25, 0.3) is 0 Å². The fourth-order valence-corrected chi connectivity index (χ4v) is 2.35. The van der Waals surface area contributed by atoms with E-state index in [0.717, 1.165) is 10.5 Å². The zero-order chi connectivity index (χ0) is 14.0. The molecular weight excluding hydrogens is 301 g/mol. The Morgan fingerprint density at radius 2 is 1.79 bits per heavy atom. The summed E-state index contributed by atoms with van der Waals surface area (Å²) in [4.78, 5) is 13.0. The van der Waals surface area contributed by atoms with Gasteiger partial charge in [0.1, 0.15) is 0 Å². The van der Waals surface area contributed by atoms with Gasteiger partial charge in [-0.2, -0.15) is 0 Å². The maximum Gasteiger partial charge on any atom is 0.256 e. The summed E-state index contributed by atoms with van der Waals surface area (Å²) in [6.45, 7) is 1.86. The van der Waals surface area contributed by atoms with Crippen molar-refractivity contribution in [1.29, 1.82) is 0 Å². The third-order valence-corrected chi connectivity index (χ3v) is 3.58. The lowest BCUT2D eigenvalue weighted by Gasteiger charge is -2.11. The van der Waals surface area contributed by atoms with Gasteiger partial charge in [0.2, 0.25) is 0 Å². The first-order valence-electron chi connectivity index (χ1n) is 5.54. The number of rotatable bonds is 2. The second-order valence-corrected chi connectivity index (χ2v) is 5.38. The SMILES string of the molecule is Cc1ccc(S)cc1C(=O)Nc1c(Cl)cccc1Cl. The predicted molar refractivity (Wildman–Crippen MR) is 82.8 cm³/mol. The predicted octanol–water partition coefficient (Wildman–Crippen LogP) is 4.84. The number of halogens is 2. The van der Waals surface area contributed by atoms with Gasteiger partial charge in [-0.25, -0.2) is 0 Å². The summed E-state index contributed by atoms with van der Waals surface area (Å²) in [6.07, 6.45) is 0. The zero-order valence-electron chi connectivity index (χ0n) is 10.1. The van der Waals surface area contributed by atoms with Gasteiger partial charge in [0.25, 0.3) is 5.91 Å². The third kappa shape index (κ3) is 3.24. The molecule has 98 valence electrons. The lowest BCUT2D eigenvalue weighted by molar-refractivity contribution is 0.102. The van der Waals surface area contributed by atoms with Crippen LogP contribution >= 0.6 is 35.8 Å². The van der Waals surface area contributed by atoms with Gasteiger partial charge in [0.05, 0.1) is 15.7 Å². The Balaban J connectivity index is 2.34. The molecule has 0 saturated heterocycles. The first kappa shape index (κ1) is 14.3. The minimum Gasteiger partial charge on any atom is -0.319 e. The third-order valence-electron chi connectivity index (χ3n) is 2.67. The van der Waals surface area contributed by atoms with Gasteiger partial charge in [-0.05, 0) is 36.8 Å². The molecule has 0 fully saturated rings. The Bertz CT molecular complexity index is 623. The molecule has 2 aromatic carbocycles. The number of hydrogen-bond donors (Lipinski definition) is 2. The fourth-order valence-electron chi connectivity index (χ4n) is 1.65. The molecule has 0 aliphatic heterocycles. The second kappa shape index (κ2) is 5.87. The Hall–Kier alpha value is -1.16. The van der Waals surface area contributed by atoms with Crippen LogP contribution < -0.4 is 5.32 Å². The Kier molecular flexibility index (Phi) is 4.40. The van der Waals surface area contributed by atoms with Gasteiger partial charge in [0.15, 0.2) is 0 Å². The lowest BCUT2D eigenvalue weighted by Crippen LogP contribution is -2.14. The topological polar surface area (TPSA) is 29.1 Å². The average molecular weight is 312 g/mol. The number of aryl methyl sites for hydroxylation is 1. The van der Waals surface area contributed by atoms with E-state index in [9.17, 15) is 4.79 Å². The van der Waals surface area contributed by atoms with Crippen LogP contribution in [0.4, 0.5) is 5.69 Å². The molecule has 0 atom stereocenters. The average Bonchev–Trinajstić information content (AvgIpc) is 2.37.